The minimum absolute atomic E-state index is 0.289. The number of aromatic hydroxyl groups is 2. The van der Waals surface area contributed by atoms with Crippen LogP contribution in [0.15, 0.2) is 33.6 Å². The van der Waals surface area contributed by atoms with Crippen LogP contribution in [0.4, 0.5) is 13.2 Å². The fourth-order valence-electron chi connectivity index (χ4n) is 2.55. The Hall–Kier alpha value is -2.47. The number of phenolic OH excluding ortho intramolecular Hbond substituents is 1. The maximum absolute atomic E-state index is 12.8. The van der Waals surface area contributed by atoms with Gasteiger partial charge in [-0.15, -0.1) is 13.2 Å². The molecule has 0 fully saturated rings. The van der Waals surface area contributed by atoms with E-state index in [4.69, 9.17) is 5.11 Å². The van der Waals surface area contributed by atoms with Crippen LogP contribution in [0.3, 0.4) is 0 Å². The molecule has 0 amide bonds. The van der Waals surface area contributed by atoms with Crippen molar-refractivity contribution in [3.05, 3.63) is 45.4 Å². The van der Waals surface area contributed by atoms with Crippen molar-refractivity contribution in [1.29, 1.82) is 0 Å². The minimum atomic E-state index is -5.17. The lowest BCUT2D eigenvalue weighted by Crippen LogP contribution is -2.18. The van der Waals surface area contributed by atoms with Gasteiger partial charge >= 0.3 is 12.3 Å². The van der Waals surface area contributed by atoms with E-state index >= 15 is 0 Å². The molecule has 0 saturated carbocycles. The number of rotatable bonds is 6. The maximum Gasteiger partial charge on any atom is 0.573 e. The number of sulfone groups is 1. The van der Waals surface area contributed by atoms with Crippen molar-refractivity contribution in [2.45, 2.75) is 30.4 Å². The minimum Gasteiger partial charge on any atom is -0.507 e. The number of benzene rings is 2. The van der Waals surface area contributed by atoms with Gasteiger partial charge in [-0.25, -0.2) is 13.2 Å². The third kappa shape index (κ3) is 5.32. The Morgan fingerprint density at radius 1 is 1.10 bits per heavy atom. The average Bonchev–Trinajstić information content (AvgIpc) is 2.57. The van der Waals surface area contributed by atoms with Gasteiger partial charge in [0.2, 0.25) is 0 Å². The summed E-state index contributed by atoms with van der Waals surface area (Å²) in [5.41, 5.74) is -1.31. The van der Waals surface area contributed by atoms with Gasteiger partial charge in [-0.2, -0.15) is 0 Å². The third-order valence-corrected chi connectivity index (χ3v) is 5.94. The summed E-state index contributed by atoms with van der Waals surface area (Å²) in [5, 5.41) is 29.4. The quantitative estimate of drug-likeness (QED) is 0.550. The molecule has 7 nitrogen and oxygen atoms in total. The first-order valence-corrected chi connectivity index (χ1v) is 10.3. The number of carbonyl (C=O) groups is 1. The van der Waals surface area contributed by atoms with E-state index in [9.17, 15) is 36.6 Å². The van der Waals surface area contributed by atoms with Gasteiger partial charge in [0.25, 0.3) is 0 Å². The van der Waals surface area contributed by atoms with Gasteiger partial charge in [-0.1, -0.05) is 22.9 Å². The molecule has 0 bridgehead atoms. The highest BCUT2D eigenvalue weighted by Crippen LogP contribution is 2.37. The zero-order chi connectivity index (χ0) is 22.1. The van der Waals surface area contributed by atoms with Crippen LogP contribution in [0.5, 0.6) is 17.2 Å². The van der Waals surface area contributed by atoms with Crippen molar-refractivity contribution in [2.24, 2.45) is 0 Å². The molecule has 0 aromatic heterocycles. The Labute approximate surface area is 171 Å². The summed E-state index contributed by atoms with van der Waals surface area (Å²) in [5.74, 6) is -5.45. The van der Waals surface area contributed by atoms with Crippen molar-refractivity contribution < 1.29 is 46.4 Å². The number of hydrogen-bond donors (Lipinski definition) is 3. The van der Waals surface area contributed by atoms with E-state index in [0.29, 0.717) is 22.2 Å². The molecule has 158 valence electrons. The molecule has 0 unspecified atom stereocenters. The van der Waals surface area contributed by atoms with E-state index in [1.54, 1.807) is 6.92 Å². The van der Waals surface area contributed by atoms with Crippen LogP contribution in [-0.2, 0) is 22.0 Å². The summed E-state index contributed by atoms with van der Waals surface area (Å²) < 4.78 is 67.0. The summed E-state index contributed by atoms with van der Waals surface area (Å²) in [6.07, 6.45) is -4.88. The highest BCUT2D eigenvalue weighted by Gasteiger charge is 2.33. The summed E-state index contributed by atoms with van der Waals surface area (Å²) in [4.78, 5) is 10.7. The number of carboxylic acid groups (broad SMARTS) is 1. The molecule has 0 aliphatic heterocycles. The largest absolute Gasteiger partial charge is 0.573 e. The molecule has 3 N–H and O–H groups in total. The van der Waals surface area contributed by atoms with Crippen LogP contribution >= 0.6 is 15.9 Å². The average molecular weight is 499 g/mol. The number of alkyl halides is 3. The molecule has 0 aliphatic carbocycles. The highest BCUT2D eigenvalue weighted by molar-refractivity contribution is 9.10. The van der Waals surface area contributed by atoms with Crippen molar-refractivity contribution in [3.63, 3.8) is 0 Å². The molecule has 2 aromatic carbocycles. The number of ether oxygens (including phenoxy) is 1. The van der Waals surface area contributed by atoms with E-state index in [0.717, 1.165) is 6.07 Å². The van der Waals surface area contributed by atoms with Crippen molar-refractivity contribution in [3.8, 4) is 17.2 Å². The van der Waals surface area contributed by atoms with Gasteiger partial charge < -0.3 is 20.1 Å². The molecule has 0 radical (unpaired) electrons. The first-order valence-electron chi connectivity index (χ1n) is 7.84. The standard InChI is InChI=1S/C17H14BrF3O7S/c1-2-8-3-10(18)5-13(15(8)23)29(26,27)7-9-4-11(28-17(19,20)21)6-12(14(9)22)16(24)25/h3-6,22-23H,2,7H2,1H3,(H,24,25). The maximum atomic E-state index is 12.8. The van der Waals surface area contributed by atoms with Crippen LogP contribution in [0.2, 0.25) is 0 Å². The van der Waals surface area contributed by atoms with Gasteiger partial charge in [-0.05, 0) is 36.2 Å². The Morgan fingerprint density at radius 3 is 2.24 bits per heavy atom. The van der Waals surface area contributed by atoms with Crippen molar-refractivity contribution >= 4 is 31.7 Å². The Balaban J connectivity index is 2.61. The molecule has 0 atom stereocenters. The van der Waals surface area contributed by atoms with Crippen molar-refractivity contribution in [2.75, 3.05) is 0 Å². The molecule has 2 rings (SSSR count). The summed E-state index contributed by atoms with van der Waals surface area (Å²) in [7, 11) is -4.39. The molecule has 2 aromatic rings. The van der Waals surface area contributed by atoms with E-state index in [-0.39, 0.29) is 6.42 Å². The van der Waals surface area contributed by atoms with E-state index in [2.05, 4.69) is 20.7 Å². The molecule has 0 aliphatic rings. The number of carboxylic acids is 1. The second-order valence-corrected chi connectivity index (χ2v) is 8.73. The smallest absolute Gasteiger partial charge is 0.507 e. The third-order valence-electron chi connectivity index (χ3n) is 3.81. The second-order valence-electron chi connectivity index (χ2n) is 5.86. The van der Waals surface area contributed by atoms with Gasteiger partial charge in [0.1, 0.15) is 27.7 Å². The molecule has 0 heterocycles. The number of aromatic carboxylic acids is 1. The zero-order valence-corrected chi connectivity index (χ0v) is 17.0. The van der Waals surface area contributed by atoms with Gasteiger partial charge in [0, 0.05) is 10.0 Å². The fourth-order valence-corrected chi connectivity index (χ4v) is 4.72. The first-order chi connectivity index (χ1) is 13.2. The number of phenols is 2. The molecular weight excluding hydrogens is 485 g/mol. The van der Waals surface area contributed by atoms with E-state index < -0.39 is 61.2 Å². The van der Waals surface area contributed by atoms with E-state index in [1.807, 2.05) is 0 Å². The SMILES string of the molecule is CCc1cc(Br)cc(S(=O)(=O)Cc2cc(OC(F)(F)F)cc(C(=O)O)c2O)c1O. The summed E-state index contributed by atoms with van der Waals surface area (Å²) in [6.45, 7) is 1.67. The lowest BCUT2D eigenvalue weighted by Gasteiger charge is -2.15. The first kappa shape index (κ1) is 22.8. The lowest BCUT2D eigenvalue weighted by molar-refractivity contribution is -0.274. The predicted octanol–water partition coefficient (Wildman–Crippen LogP) is 3.99. The summed E-state index contributed by atoms with van der Waals surface area (Å²) >= 11 is 3.11. The molecule has 0 spiro atoms. The van der Waals surface area contributed by atoms with Crippen LogP contribution in [0, 0.1) is 0 Å². The molecule has 12 heteroatoms. The Kier molecular flexibility index (Phi) is 6.38. The molecule has 0 saturated heterocycles. The van der Waals surface area contributed by atoms with Crippen LogP contribution in [0.1, 0.15) is 28.4 Å². The van der Waals surface area contributed by atoms with Crippen LogP contribution in [0.25, 0.3) is 0 Å². The predicted molar refractivity (Wildman–Crippen MR) is 97.8 cm³/mol. The Morgan fingerprint density at radius 2 is 1.72 bits per heavy atom. The highest BCUT2D eigenvalue weighted by atomic mass is 79.9. The molecule has 29 heavy (non-hydrogen) atoms. The number of hydrogen-bond acceptors (Lipinski definition) is 6. The number of halogens is 4. The van der Waals surface area contributed by atoms with Gasteiger partial charge in [0.15, 0.2) is 9.84 Å². The topological polar surface area (TPSA) is 121 Å². The normalized spacial score (nSPS) is 12.0. The zero-order valence-electron chi connectivity index (χ0n) is 14.6. The van der Waals surface area contributed by atoms with Crippen LogP contribution in [-0.4, -0.2) is 36.1 Å². The summed E-state index contributed by atoms with van der Waals surface area (Å²) in [6, 6.07) is 3.58. The monoisotopic (exact) mass is 498 g/mol. The van der Waals surface area contributed by atoms with Gasteiger partial charge in [0.05, 0.1) is 5.75 Å². The second kappa shape index (κ2) is 8.11. The lowest BCUT2D eigenvalue weighted by atomic mass is 10.1. The van der Waals surface area contributed by atoms with E-state index in [1.165, 1.54) is 6.07 Å². The van der Waals surface area contributed by atoms with Crippen LogP contribution < -0.4 is 4.74 Å². The Bertz CT molecular complexity index is 1070. The number of aryl methyl sites for hydroxylation is 1. The molecular formula is C17H14BrF3O7S. The fraction of sp³-hybridized carbons (Fsp3) is 0.235. The van der Waals surface area contributed by atoms with Gasteiger partial charge in [-0.3, -0.25) is 0 Å². The van der Waals surface area contributed by atoms with Crippen molar-refractivity contribution in [1.82, 2.24) is 0 Å².